The van der Waals surface area contributed by atoms with Crippen molar-refractivity contribution in [1.29, 1.82) is 0 Å². The predicted molar refractivity (Wildman–Crippen MR) is 58.6 cm³/mol. The quantitative estimate of drug-likeness (QED) is 0.570. The van der Waals surface area contributed by atoms with E-state index >= 15 is 0 Å². The van der Waals surface area contributed by atoms with Gasteiger partial charge in [0.1, 0.15) is 0 Å². The molecule has 1 aromatic carbocycles. The van der Waals surface area contributed by atoms with Crippen LogP contribution in [0.15, 0.2) is 24.3 Å². The van der Waals surface area contributed by atoms with Crippen LogP contribution in [0.5, 0.6) is 0 Å². The summed E-state index contributed by atoms with van der Waals surface area (Å²) in [6, 6.07) is 6.90. The molecule has 1 amide bonds. The van der Waals surface area contributed by atoms with Crippen molar-refractivity contribution >= 4 is 19.6 Å². The predicted octanol–water partition coefficient (Wildman–Crippen LogP) is 0.316. The van der Waals surface area contributed by atoms with Crippen LogP contribution in [-0.4, -0.2) is 26.7 Å². The second-order valence-electron chi connectivity index (χ2n) is 3.10. The maximum absolute atomic E-state index is 11.1. The highest BCUT2D eigenvalue weighted by atomic mass is 16.5. The highest BCUT2D eigenvalue weighted by Gasteiger charge is 2.03. The van der Waals surface area contributed by atoms with Gasteiger partial charge in [-0.2, -0.15) is 0 Å². The fourth-order valence-corrected chi connectivity index (χ4v) is 1.10. The molecule has 0 aliphatic carbocycles. The van der Waals surface area contributed by atoms with Crippen LogP contribution in [0.4, 0.5) is 4.79 Å². The van der Waals surface area contributed by atoms with Gasteiger partial charge in [0.2, 0.25) is 7.85 Å². The van der Waals surface area contributed by atoms with Crippen LogP contribution >= 0.6 is 0 Å². The average molecular weight is 205 g/mol. The SMILES string of the molecule is BC(=O)NCc1ccc(C(=O)OC)cc1. The Labute approximate surface area is 89.0 Å². The summed E-state index contributed by atoms with van der Waals surface area (Å²) in [5.41, 5.74) is 1.45. The topological polar surface area (TPSA) is 55.4 Å². The summed E-state index contributed by atoms with van der Waals surface area (Å²) in [4.78, 5) is 21.8. The molecule has 15 heavy (non-hydrogen) atoms. The summed E-state index contributed by atoms with van der Waals surface area (Å²) in [5.74, 6) is -0.437. The molecular formula is C10H12BNO3. The molecule has 1 rings (SSSR count). The Hall–Kier alpha value is -1.78. The van der Waals surface area contributed by atoms with E-state index in [1.807, 2.05) is 0 Å². The number of benzene rings is 1. The highest BCUT2D eigenvalue weighted by Crippen LogP contribution is 2.05. The van der Waals surface area contributed by atoms with Crippen LogP contribution in [0.2, 0.25) is 0 Å². The van der Waals surface area contributed by atoms with Crippen LogP contribution in [-0.2, 0) is 11.3 Å². The van der Waals surface area contributed by atoms with Crippen LogP contribution in [0.1, 0.15) is 15.9 Å². The molecule has 1 aromatic rings. The first-order valence-electron chi connectivity index (χ1n) is 4.55. The third-order valence-electron chi connectivity index (χ3n) is 1.92. The standard InChI is InChI=1S/C10H12BNO3/c1-15-9(13)8-4-2-7(3-5-8)6-12-10(11)14/h2-5H,6,11H2,1H3,(H,12,14). The van der Waals surface area contributed by atoms with Crippen LogP contribution in [0, 0.1) is 0 Å². The molecule has 0 aromatic heterocycles. The first kappa shape index (κ1) is 11.3. The fraction of sp³-hybridized carbons (Fsp3) is 0.200. The number of carbonyl (C=O) groups excluding carboxylic acids is 2. The van der Waals surface area contributed by atoms with Crippen molar-refractivity contribution in [3.8, 4) is 0 Å². The van der Waals surface area contributed by atoms with E-state index in [9.17, 15) is 9.59 Å². The summed E-state index contributed by atoms with van der Waals surface area (Å²) in [6.07, 6.45) is 0. The smallest absolute Gasteiger partial charge is 0.337 e. The molecule has 0 bridgehead atoms. The molecule has 0 heterocycles. The summed E-state index contributed by atoms with van der Waals surface area (Å²) >= 11 is 0. The highest BCUT2D eigenvalue weighted by molar-refractivity contribution is 6.57. The first-order chi connectivity index (χ1) is 7.13. The van der Waals surface area contributed by atoms with Gasteiger partial charge < -0.3 is 10.1 Å². The lowest BCUT2D eigenvalue weighted by Crippen LogP contribution is -2.20. The van der Waals surface area contributed by atoms with Gasteiger partial charge in [0.05, 0.1) is 12.7 Å². The second kappa shape index (κ2) is 5.19. The van der Waals surface area contributed by atoms with Crippen molar-refractivity contribution in [2.24, 2.45) is 0 Å². The second-order valence-corrected chi connectivity index (χ2v) is 3.10. The van der Waals surface area contributed by atoms with E-state index in [0.29, 0.717) is 12.1 Å². The minimum absolute atomic E-state index is 0.0768. The zero-order chi connectivity index (χ0) is 11.3. The molecule has 5 heteroatoms. The Morgan fingerprint density at radius 1 is 1.33 bits per heavy atom. The van der Waals surface area contributed by atoms with Crippen LogP contribution < -0.4 is 5.32 Å². The van der Waals surface area contributed by atoms with Crippen molar-refractivity contribution in [3.63, 3.8) is 0 Å². The minimum Gasteiger partial charge on any atom is -0.465 e. The number of rotatable bonds is 3. The number of methoxy groups -OCH3 is 1. The van der Waals surface area contributed by atoms with Gasteiger partial charge in [0.15, 0.2) is 5.81 Å². The molecule has 0 aliphatic heterocycles. The molecule has 4 nitrogen and oxygen atoms in total. The molecule has 0 spiro atoms. The number of ether oxygens (including phenoxy) is 1. The maximum Gasteiger partial charge on any atom is 0.337 e. The van der Waals surface area contributed by atoms with Crippen LogP contribution in [0.3, 0.4) is 0 Å². The molecule has 78 valence electrons. The van der Waals surface area contributed by atoms with Crippen molar-refractivity contribution < 1.29 is 14.3 Å². The first-order valence-corrected chi connectivity index (χ1v) is 4.55. The van der Waals surface area contributed by atoms with Crippen molar-refractivity contribution in [2.75, 3.05) is 7.11 Å². The Morgan fingerprint density at radius 2 is 1.93 bits per heavy atom. The lowest BCUT2D eigenvalue weighted by atomic mass is 10.1. The van der Waals surface area contributed by atoms with Crippen molar-refractivity contribution in [1.82, 2.24) is 5.32 Å². The van der Waals surface area contributed by atoms with Gasteiger partial charge >= 0.3 is 5.97 Å². The van der Waals surface area contributed by atoms with Crippen molar-refractivity contribution in [3.05, 3.63) is 35.4 Å². The van der Waals surface area contributed by atoms with Gasteiger partial charge in [-0.1, -0.05) is 12.1 Å². The summed E-state index contributed by atoms with van der Waals surface area (Å²) in [7, 11) is 2.80. The third-order valence-corrected chi connectivity index (χ3v) is 1.92. The summed E-state index contributed by atoms with van der Waals surface area (Å²) in [6.45, 7) is 0.469. The van der Waals surface area contributed by atoms with E-state index in [0.717, 1.165) is 5.56 Å². The Balaban J connectivity index is 2.64. The fourth-order valence-electron chi connectivity index (χ4n) is 1.10. The number of amides is 1. The Kier molecular flexibility index (Phi) is 3.91. The van der Waals surface area contributed by atoms with E-state index in [2.05, 4.69) is 10.1 Å². The van der Waals surface area contributed by atoms with Gasteiger partial charge in [0, 0.05) is 6.54 Å². The minimum atomic E-state index is -0.360. The Bertz CT molecular complexity index is 361. The molecular weight excluding hydrogens is 193 g/mol. The normalized spacial score (nSPS) is 9.40. The van der Waals surface area contributed by atoms with Gasteiger partial charge in [0.25, 0.3) is 0 Å². The number of hydrogen-bond donors (Lipinski definition) is 1. The largest absolute Gasteiger partial charge is 0.465 e. The number of esters is 1. The van der Waals surface area contributed by atoms with E-state index in [4.69, 9.17) is 0 Å². The number of hydrogen-bond acceptors (Lipinski definition) is 3. The monoisotopic (exact) mass is 205 g/mol. The van der Waals surface area contributed by atoms with E-state index in [1.54, 1.807) is 24.3 Å². The van der Waals surface area contributed by atoms with E-state index in [-0.39, 0.29) is 11.8 Å². The van der Waals surface area contributed by atoms with E-state index < -0.39 is 0 Å². The molecule has 0 unspecified atom stereocenters. The van der Waals surface area contributed by atoms with Crippen molar-refractivity contribution in [2.45, 2.75) is 6.54 Å². The van der Waals surface area contributed by atoms with Crippen LogP contribution in [0.25, 0.3) is 0 Å². The van der Waals surface area contributed by atoms with Gasteiger partial charge in [-0.15, -0.1) is 0 Å². The Morgan fingerprint density at radius 3 is 2.40 bits per heavy atom. The summed E-state index contributed by atoms with van der Waals surface area (Å²) < 4.78 is 4.57. The summed E-state index contributed by atoms with van der Waals surface area (Å²) in [5, 5.41) is 2.67. The molecule has 0 atom stereocenters. The third kappa shape index (κ3) is 3.46. The van der Waals surface area contributed by atoms with Gasteiger partial charge in [-0.25, -0.2) is 4.79 Å². The van der Waals surface area contributed by atoms with Gasteiger partial charge in [-0.3, -0.25) is 4.79 Å². The molecule has 0 radical (unpaired) electrons. The molecule has 0 fully saturated rings. The molecule has 1 N–H and O–H groups in total. The van der Waals surface area contributed by atoms with Gasteiger partial charge in [-0.05, 0) is 17.7 Å². The zero-order valence-corrected chi connectivity index (χ0v) is 8.74. The number of nitrogens with one attached hydrogen (secondary N) is 1. The molecule has 0 saturated heterocycles. The zero-order valence-electron chi connectivity index (χ0n) is 8.74. The van der Waals surface area contributed by atoms with E-state index in [1.165, 1.54) is 15.0 Å². The number of carbonyl (C=O) groups is 2. The average Bonchev–Trinajstić information content (AvgIpc) is 2.26. The lowest BCUT2D eigenvalue weighted by molar-refractivity contribution is 0.0600. The lowest BCUT2D eigenvalue weighted by Gasteiger charge is -2.03. The molecule has 0 aliphatic rings. The molecule has 0 saturated carbocycles. The maximum atomic E-state index is 11.1.